The Morgan fingerprint density at radius 3 is 2.45 bits per heavy atom. The number of benzene rings is 2. The van der Waals surface area contributed by atoms with Crippen molar-refractivity contribution in [1.29, 1.82) is 0 Å². The van der Waals surface area contributed by atoms with Gasteiger partial charge in [-0.1, -0.05) is 6.07 Å². The summed E-state index contributed by atoms with van der Waals surface area (Å²) in [5.41, 5.74) is 2.28. The van der Waals surface area contributed by atoms with Crippen LogP contribution in [0.5, 0.6) is 5.75 Å². The van der Waals surface area contributed by atoms with E-state index >= 15 is 0 Å². The smallest absolute Gasteiger partial charge is 0.131 e. The van der Waals surface area contributed by atoms with Gasteiger partial charge in [-0.3, -0.25) is 0 Å². The second-order valence-corrected chi connectivity index (χ2v) is 4.72. The molecule has 0 aliphatic rings. The van der Waals surface area contributed by atoms with Crippen molar-refractivity contribution >= 4 is 5.69 Å². The SMILES string of the molecule is COc1ccc(NC(C)c2ccc(F)cc2F)cc1C. The number of methoxy groups -OCH3 is 1. The highest BCUT2D eigenvalue weighted by Crippen LogP contribution is 2.26. The van der Waals surface area contributed by atoms with Gasteiger partial charge >= 0.3 is 0 Å². The van der Waals surface area contributed by atoms with Crippen molar-refractivity contribution in [3.63, 3.8) is 0 Å². The van der Waals surface area contributed by atoms with Crippen LogP contribution in [0.2, 0.25) is 0 Å². The zero-order chi connectivity index (χ0) is 14.7. The second-order valence-electron chi connectivity index (χ2n) is 4.72. The molecule has 2 rings (SSSR count). The molecule has 0 saturated carbocycles. The predicted octanol–water partition coefficient (Wildman–Crippen LogP) is 4.45. The van der Waals surface area contributed by atoms with Gasteiger partial charge in [-0.05, 0) is 43.7 Å². The molecule has 1 atom stereocenters. The summed E-state index contributed by atoms with van der Waals surface area (Å²) in [5.74, 6) is -0.315. The molecule has 0 spiro atoms. The van der Waals surface area contributed by atoms with E-state index in [0.29, 0.717) is 5.56 Å². The highest BCUT2D eigenvalue weighted by atomic mass is 19.1. The molecule has 2 aromatic rings. The van der Waals surface area contributed by atoms with Crippen LogP contribution in [0, 0.1) is 18.6 Å². The van der Waals surface area contributed by atoms with E-state index in [4.69, 9.17) is 4.74 Å². The van der Waals surface area contributed by atoms with Gasteiger partial charge in [-0.2, -0.15) is 0 Å². The number of hydrogen-bond donors (Lipinski definition) is 1. The van der Waals surface area contributed by atoms with E-state index < -0.39 is 11.6 Å². The van der Waals surface area contributed by atoms with Gasteiger partial charge in [0.15, 0.2) is 0 Å². The van der Waals surface area contributed by atoms with Crippen LogP contribution >= 0.6 is 0 Å². The Labute approximate surface area is 117 Å². The lowest BCUT2D eigenvalue weighted by molar-refractivity contribution is 0.412. The summed E-state index contributed by atoms with van der Waals surface area (Å²) in [6, 6.07) is 9.00. The molecule has 0 aliphatic heterocycles. The molecular weight excluding hydrogens is 260 g/mol. The van der Waals surface area contributed by atoms with E-state index in [1.165, 1.54) is 12.1 Å². The third kappa shape index (κ3) is 3.07. The number of rotatable bonds is 4. The summed E-state index contributed by atoms with van der Waals surface area (Å²) in [6.45, 7) is 3.77. The lowest BCUT2D eigenvalue weighted by Gasteiger charge is -2.17. The maximum Gasteiger partial charge on any atom is 0.131 e. The largest absolute Gasteiger partial charge is 0.496 e. The summed E-state index contributed by atoms with van der Waals surface area (Å²) in [7, 11) is 1.62. The van der Waals surface area contributed by atoms with Crippen molar-refractivity contribution in [2.75, 3.05) is 12.4 Å². The molecule has 0 fully saturated rings. The van der Waals surface area contributed by atoms with Gasteiger partial charge in [0, 0.05) is 17.3 Å². The van der Waals surface area contributed by atoms with Gasteiger partial charge in [-0.15, -0.1) is 0 Å². The van der Waals surface area contributed by atoms with E-state index in [1.807, 2.05) is 32.0 Å². The first kappa shape index (κ1) is 14.3. The third-order valence-electron chi connectivity index (χ3n) is 3.21. The van der Waals surface area contributed by atoms with E-state index in [0.717, 1.165) is 23.1 Å². The zero-order valence-electron chi connectivity index (χ0n) is 11.7. The standard InChI is InChI=1S/C16H17F2NO/c1-10-8-13(5-7-16(10)20-3)19-11(2)14-6-4-12(17)9-15(14)18/h4-9,11,19H,1-3H3. The molecule has 0 aliphatic carbocycles. The summed E-state index contributed by atoms with van der Waals surface area (Å²) in [6.07, 6.45) is 0. The van der Waals surface area contributed by atoms with Gasteiger partial charge in [0.05, 0.1) is 13.2 Å². The third-order valence-corrected chi connectivity index (χ3v) is 3.21. The molecule has 20 heavy (non-hydrogen) atoms. The Bertz CT molecular complexity index is 613. The maximum atomic E-state index is 13.7. The van der Waals surface area contributed by atoms with Crippen LogP contribution in [-0.4, -0.2) is 7.11 Å². The van der Waals surface area contributed by atoms with Crippen molar-refractivity contribution in [1.82, 2.24) is 0 Å². The summed E-state index contributed by atoms with van der Waals surface area (Å²) in [5, 5.41) is 3.19. The van der Waals surface area contributed by atoms with E-state index in [1.54, 1.807) is 7.11 Å². The predicted molar refractivity (Wildman–Crippen MR) is 76.1 cm³/mol. The molecule has 0 aromatic heterocycles. The van der Waals surface area contributed by atoms with E-state index in [9.17, 15) is 8.78 Å². The minimum atomic E-state index is -0.571. The van der Waals surface area contributed by atoms with Crippen LogP contribution in [0.4, 0.5) is 14.5 Å². The number of anilines is 1. The lowest BCUT2D eigenvalue weighted by atomic mass is 10.1. The molecule has 106 valence electrons. The van der Waals surface area contributed by atoms with E-state index in [-0.39, 0.29) is 6.04 Å². The molecule has 0 saturated heterocycles. The molecule has 2 nitrogen and oxygen atoms in total. The van der Waals surface area contributed by atoms with Crippen molar-refractivity contribution in [2.45, 2.75) is 19.9 Å². The number of aryl methyl sites for hydroxylation is 1. The van der Waals surface area contributed by atoms with Gasteiger partial charge in [-0.25, -0.2) is 8.78 Å². The summed E-state index contributed by atoms with van der Waals surface area (Å²) in [4.78, 5) is 0. The van der Waals surface area contributed by atoms with E-state index in [2.05, 4.69) is 5.32 Å². The van der Waals surface area contributed by atoms with Crippen molar-refractivity contribution in [2.24, 2.45) is 0 Å². The first-order valence-electron chi connectivity index (χ1n) is 6.37. The molecule has 4 heteroatoms. The van der Waals surface area contributed by atoms with Crippen LogP contribution < -0.4 is 10.1 Å². The first-order chi connectivity index (χ1) is 9.51. The van der Waals surface area contributed by atoms with Gasteiger partial charge in [0.2, 0.25) is 0 Å². The average Bonchev–Trinajstić information content (AvgIpc) is 2.38. The molecule has 1 unspecified atom stereocenters. The molecular formula is C16H17F2NO. The van der Waals surface area contributed by atoms with Crippen molar-refractivity contribution in [3.05, 3.63) is 59.2 Å². The zero-order valence-corrected chi connectivity index (χ0v) is 11.7. The van der Waals surface area contributed by atoms with Crippen molar-refractivity contribution < 1.29 is 13.5 Å². The quantitative estimate of drug-likeness (QED) is 0.891. The number of hydrogen-bond acceptors (Lipinski definition) is 2. The Balaban J connectivity index is 2.18. The van der Waals surface area contributed by atoms with Crippen LogP contribution in [-0.2, 0) is 0 Å². The topological polar surface area (TPSA) is 21.3 Å². The molecule has 0 amide bonds. The van der Waals surface area contributed by atoms with Gasteiger partial charge < -0.3 is 10.1 Å². The molecule has 1 N–H and O–H groups in total. The fraction of sp³-hybridized carbons (Fsp3) is 0.250. The van der Waals surface area contributed by atoms with Crippen LogP contribution in [0.3, 0.4) is 0 Å². The Morgan fingerprint density at radius 1 is 1.10 bits per heavy atom. The Morgan fingerprint density at radius 2 is 1.85 bits per heavy atom. The minimum Gasteiger partial charge on any atom is -0.496 e. The normalized spacial score (nSPS) is 12.1. The molecule has 0 heterocycles. The lowest BCUT2D eigenvalue weighted by Crippen LogP contribution is -2.09. The number of nitrogens with one attached hydrogen (secondary N) is 1. The van der Waals surface area contributed by atoms with Crippen LogP contribution in [0.1, 0.15) is 24.1 Å². The Kier molecular flexibility index (Phi) is 4.23. The molecule has 2 aromatic carbocycles. The second kappa shape index (κ2) is 5.90. The highest BCUT2D eigenvalue weighted by molar-refractivity contribution is 5.52. The fourth-order valence-corrected chi connectivity index (χ4v) is 2.15. The minimum absolute atomic E-state index is 0.261. The summed E-state index contributed by atoms with van der Waals surface area (Å²) >= 11 is 0. The monoisotopic (exact) mass is 277 g/mol. The van der Waals surface area contributed by atoms with Gasteiger partial charge in [0.1, 0.15) is 17.4 Å². The van der Waals surface area contributed by atoms with Crippen LogP contribution in [0.25, 0.3) is 0 Å². The van der Waals surface area contributed by atoms with Crippen LogP contribution in [0.15, 0.2) is 36.4 Å². The van der Waals surface area contributed by atoms with Crippen molar-refractivity contribution in [3.8, 4) is 5.75 Å². The fourth-order valence-electron chi connectivity index (χ4n) is 2.15. The number of halogens is 2. The maximum absolute atomic E-state index is 13.7. The molecule has 0 bridgehead atoms. The average molecular weight is 277 g/mol. The Hall–Kier alpha value is -2.10. The molecule has 0 radical (unpaired) electrons. The first-order valence-corrected chi connectivity index (χ1v) is 6.37. The van der Waals surface area contributed by atoms with Gasteiger partial charge in [0.25, 0.3) is 0 Å². The summed E-state index contributed by atoms with van der Waals surface area (Å²) < 4.78 is 31.8. The number of ether oxygens (including phenoxy) is 1. The highest BCUT2D eigenvalue weighted by Gasteiger charge is 2.12.